The molecule has 1 N–H and O–H groups in total. The fourth-order valence-electron chi connectivity index (χ4n) is 3.10. The first-order valence-electron chi connectivity index (χ1n) is 8.69. The fourth-order valence-corrected chi connectivity index (χ4v) is 3.10. The van der Waals surface area contributed by atoms with Crippen molar-refractivity contribution in [1.29, 1.82) is 0 Å². The van der Waals surface area contributed by atoms with Gasteiger partial charge >= 0.3 is 0 Å². The fraction of sp³-hybridized carbons (Fsp3) is 0.227. The van der Waals surface area contributed by atoms with E-state index in [9.17, 15) is 0 Å². The normalized spacial score (nSPS) is 16.8. The Morgan fingerprint density at radius 3 is 2.38 bits per heavy atom. The van der Waals surface area contributed by atoms with Crippen LogP contribution in [0.25, 0.3) is 0 Å². The van der Waals surface area contributed by atoms with E-state index in [-0.39, 0.29) is 0 Å². The minimum absolute atomic E-state index is 1.01. The summed E-state index contributed by atoms with van der Waals surface area (Å²) in [6, 6.07) is 20.5. The van der Waals surface area contributed by atoms with E-state index in [2.05, 4.69) is 53.9 Å². The maximum atomic E-state index is 4.65. The van der Waals surface area contributed by atoms with Gasteiger partial charge in [-0.2, -0.15) is 0 Å². The molecule has 0 bridgehead atoms. The van der Waals surface area contributed by atoms with Crippen LogP contribution in [-0.2, 0) is 0 Å². The van der Waals surface area contributed by atoms with E-state index in [1.165, 1.54) is 23.1 Å². The number of aliphatic imine (C=N–C) groups is 1. The van der Waals surface area contributed by atoms with Crippen LogP contribution in [0.3, 0.4) is 0 Å². The van der Waals surface area contributed by atoms with Crippen LogP contribution in [0.5, 0.6) is 0 Å². The van der Waals surface area contributed by atoms with E-state index >= 15 is 0 Å². The van der Waals surface area contributed by atoms with E-state index in [0.717, 1.165) is 30.6 Å². The highest BCUT2D eigenvalue weighted by Crippen LogP contribution is 2.31. The van der Waals surface area contributed by atoms with Crippen LogP contribution in [0.15, 0.2) is 88.6 Å². The van der Waals surface area contributed by atoms with Crippen molar-refractivity contribution in [3.8, 4) is 0 Å². The number of nitrogens with one attached hydrogen (secondary N) is 1. The van der Waals surface area contributed by atoms with Crippen molar-refractivity contribution in [2.45, 2.75) is 32.6 Å². The quantitative estimate of drug-likeness (QED) is 0.645. The van der Waals surface area contributed by atoms with Crippen molar-refractivity contribution >= 4 is 17.6 Å². The molecule has 0 amide bonds. The third-order valence-corrected chi connectivity index (χ3v) is 4.33. The van der Waals surface area contributed by atoms with E-state index in [0.29, 0.717) is 0 Å². The van der Waals surface area contributed by atoms with Crippen LogP contribution in [0.1, 0.15) is 32.6 Å². The maximum Gasteiger partial charge on any atom is 0.0629 e. The lowest BCUT2D eigenvalue weighted by Gasteiger charge is -2.20. The molecule has 0 aliphatic heterocycles. The van der Waals surface area contributed by atoms with E-state index in [1.807, 2.05) is 36.4 Å². The second kappa shape index (κ2) is 8.30. The van der Waals surface area contributed by atoms with Crippen molar-refractivity contribution in [2.24, 2.45) is 4.99 Å². The summed E-state index contributed by atoms with van der Waals surface area (Å²) in [6.45, 7) is 2.23. The van der Waals surface area contributed by atoms with Crippen LogP contribution < -0.4 is 5.32 Å². The number of anilines is 1. The summed E-state index contributed by atoms with van der Waals surface area (Å²) in [5.41, 5.74) is 6.35. The molecule has 0 spiro atoms. The number of hydrogen-bond acceptors (Lipinski definition) is 2. The Morgan fingerprint density at radius 2 is 1.67 bits per heavy atom. The summed E-state index contributed by atoms with van der Waals surface area (Å²) in [5, 5.41) is 3.43. The smallest absolute Gasteiger partial charge is 0.0629 e. The highest BCUT2D eigenvalue weighted by Gasteiger charge is 2.14. The molecule has 2 nitrogen and oxygen atoms in total. The topological polar surface area (TPSA) is 24.4 Å². The van der Waals surface area contributed by atoms with Gasteiger partial charge in [-0.15, -0.1) is 0 Å². The summed E-state index contributed by atoms with van der Waals surface area (Å²) >= 11 is 0. The summed E-state index contributed by atoms with van der Waals surface area (Å²) in [4.78, 5) is 4.65. The van der Waals surface area contributed by atoms with Crippen LogP contribution in [0, 0.1) is 0 Å². The molecule has 3 rings (SSSR count). The molecule has 0 saturated carbocycles. The number of rotatable bonds is 5. The van der Waals surface area contributed by atoms with Crippen molar-refractivity contribution in [3.63, 3.8) is 0 Å². The minimum Gasteiger partial charge on any atom is -0.361 e. The minimum atomic E-state index is 1.01. The van der Waals surface area contributed by atoms with Crippen LogP contribution in [0.4, 0.5) is 11.4 Å². The van der Waals surface area contributed by atoms with Gasteiger partial charge in [0.2, 0.25) is 0 Å². The molecular formula is C22H24N2. The Bertz CT molecular complexity index is 740. The van der Waals surface area contributed by atoms with Gasteiger partial charge in [-0.25, -0.2) is 0 Å². The van der Waals surface area contributed by atoms with Gasteiger partial charge in [-0.1, -0.05) is 43.3 Å². The monoisotopic (exact) mass is 316 g/mol. The van der Waals surface area contributed by atoms with Crippen molar-refractivity contribution in [3.05, 3.63) is 83.6 Å². The molecule has 2 aromatic carbocycles. The molecule has 2 heteroatoms. The van der Waals surface area contributed by atoms with Gasteiger partial charge in [-0.3, -0.25) is 4.99 Å². The van der Waals surface area contributed by atoms with Gasteiger partial charge in [0, 0.05) is 18.1 Å². The molecule has 0 fully saturated rings. The molecular weight excluding hydrogens is 292 g/mol. The van der Waals surface area contributed by atoms with E-state index in [4.69, 9.17) is 0 Å². The maximum absolute atomic E-state index is 4.65. The molecule has 24 heavy (non-hydrogen) atoms. The Hall–Kier alpha value is -2.61. The molecule has 122 valence electrons. The zero-order valence-corrected chi connectivity index (χ0v) is 14.2. The van der Waals surface area contributed by atoms with Crippen molar-refractivity contribution in [2.75, 3.05) is 5.32 Å². The van der Waals surface area contributed by atoms with Gasteiger partial charge < -0.3 is 5.32 Å². The summed E-state index contributed by atoms with van der Waals surface area (Å²) in [5.74, 6) is 0. The highest BCUT2D eigenvalue weighted by molar-refractivity contribution is 5.83. The van der Waals surface area contributed by atoms with E-state index < -0.39 is 0 Å². The Labute approximate surface area is 144 Å². The number of nitrogens with zero attached hydrogens (tertiary/aromatic N) is 1. The van der Waals surface area contributed by atoms with Gasteiger partial charge in [0.1, 0.15) is 0 Å². The first-order chi connectivity index (χ1) is 11.9. The van der Waals surface area contributed by atoms with Crippen molar-refractivity contribution in [1.82, 2.24) is 0 Å². The van der Waals surface area contributed by atoms with Crippen LogP contribution >= 0.6 is 0 Å². The Kier molecular flexibility index (Phi) is 5.62. The molecule has 0 unspecified atom stereocenters. The molecule has 0 saturated heterocycles. The zero-order valence-electron chi connectivity index (χ0n) is 14.2. The summed E-state index contributed by atoms with van der Waals surface area (Å²) < 4.78 is 0. The van der Waals surface area contributed by atoms with Gasteiger partial charge in [0.15, 0.2) is 0 Å². The zero-order chi connectivity index (χ0) is 16.6. The lowest BCUT2D eigenvalue weighted by molar-refractivity contribution is 0.769. The first-order valence-corrected chi connectivity index (χ1v) is 8.69. The molecule has 2 aromatic rings. The van der Waals surface area contributed by atoms with Crippen LogP contribution in [0.2, 0.25) is 0 Å². The molecule has 0 radical (unpaired) electrons. The number of para-hydroxylation sites is 2. The number of allylic oxidation sites excluding steroid dienone is 3. The lowest BCUT2D eigenvalue weighted by Crippen LogP contribution is -2.06. The second-order valence-electron chi connectivity index (χ2n) is 5.98. The standard InChI is InChI=1S/C22H24N2/c1-2-22-18(16-23-20-12-5-3-6-13-20)10-9-11-19(22)17-24-21-14-7-4-8-15-21/h3-8,12-17,23H,2,9-11H2,1H3/b18-16+,24-17?. The predicted octanol–water partition coefficient (Wildman–Crippen LogP) is 6.28. The number of hydrogen-bond donors (Lipinski definition) is 1. The third kappa shape index (κ3) is 4.23. The highest BCUT2D eigenvalue weighted by atomic mass is 14.8. The molecule has 1 aliphatic rings. The van der Waals surface area contributed by atoms with Gasteiger partial charge in [0.25, 0.3) is 0 Å². The summed E-state index contributed by atoms with van der Waals surface area (Å²) in [7, 11) is 0. The largest absolute Gasteiger partial charge is 0.361 e. The van der Waals surface area contributed by atoms with Gasteiger partial charge in [-0.05, 0) is 66.7 Å². The summed E-state index contributed by atoms with van der Waals surface area (Å²) in [6.07, 6.45) is 8.70. The number of benzene rings is 2. The Balaban J connectivity index is 1.81. The first kappa shape index (κ1) is 16.3. The average molecular weight is 316 g/mol. The van der Waals surface area contributed by atoms with E-state index in [1.54, 1.807) is 0 Å². The molecule has 0 heterocycles. The molecule has 0 aromatic heterocycles. The molecule has 1 aliphatic carbocycles. The molecule has 0 atom stereocenters. The van der Waals surface area contributed by atoms with Crippen molar-refractivity contribution < 1.29 is 0 Å². The van der Waals surface area contributed by atoms with Gasteiger partial charge in [0.05, 0.1) is 5.69 Å². The third-order valence-electron chi connectivity index (χ3n) is 4.33. The average Bonchev–Trinajstić information content (AvgIpc) is 2.66. The van der Waals surface area contributed by atoms with Crippen LogP contribution in [-0.4, -0.2) is 6.21 Å². The Morgan fingerprint density at radius 1 is 0.958 bits per heavy atom. The SMILES string of the molecule is CCC1=C(C=Nc2ccccc2)CCC/C1=C\Nc1ccccc1. The predicted molar refractivity (Wildman–Crippen MR) is 104 cm³/mol. The lowest BCUT2D eigenvalue weighted by atomic mass is 9.87. The second-order valence-corrected chi connectivity index (χ2v) is 5.98.